The van der Waals surface area contributed by atoms with Crippen LogP contribution in [-0.4, -0.2) is 20.1 Å². The molecular weight excluding hydrogens is 302 g/mol. The molecule has 22 heavy (non-hydrogen) atoms. The maximum atomic E-state index is 9.22. The quantitative estimate of drug-likeness (QED) is 0.298. The van der Waals surface area contributed by atoms with Gasteiger partial charge in [0.25, 0.3) is 0 Å². The Hall–Kier alpha value is -2.02. The van der Waals surface area contributed by atoms with Crippen molar-refractivity contribution >= 4 is 32.1 Å². The fourth-order valence-electron chi connectivity index (χ4n) is 2.39. The van der Waals surface area contributed by atoms with E-state index in [1.165, 1.54) is 27.4 Å². The van der Waals surface area contributed by atoms with Crippen LogP contribution in [-0.2, 0) is 21.6 Å². The highest BCUT2D eigenvalue weighted by atomic mass is 32.3. The topological polar surface area (TPSA) is 70.3 Å². The van der Waals surface area contributed by atoms with Gasteiger partial charge in [0.15, 0.2) is 5.69 Å². The SMILES string of the molecule is COS(=O)(=O)[O-].Cc1c2ccccc2c2ccccc2[n+]1C. The van der Waals surface area contributed by atoms with Crippen LogP contribution in [0.5, 0.6) is 0 Å². The molecule has 0 atom stereocenters. The lowest BCUT2D eigenvalue weighted by Crippen LogP contribution is -2.33. The molecule has 3 aromatic rings. The highest BCUT2D eigenvalue weighted by Gasteiger charge is 2.13. The summed E-state index contributed by atoms with van der Waals surface area (Å²) < 4.78 is 33.3. The molecule has 1 aromatic heterocycles. The van der Waals surface area contributed by atoms with E-state index >= 15 is 0 Å². The van der Waals surface area contributed by atoms with E-state index in [2.05, 4.69) is 71.3 Å². The van der Waals surface area contributed by atoms with E-state index in [-0.39, 0.29) is 0 Å². The van der Waals surface area contributed by atoms with Crippen LogP contribution in [0.4, 0.5) is 0 Å². The normalized spacial score (nSPS) is 11.3. The van der Waals surface area contributed by atoms with Crippen LogP contribution in [0.1, 0.15) is 5.69 Å². The van der Waals surface area contributed by atoms with Crippen molar-refractivity contribution in [1.29, 1.82) is 0 Å². The zero-order valence-electron chi connectivity index (χ0n) is 12.6. The van der Waals surface area contributed by atoms with Gasteiger partial charge in [-0.05, 0) is 12.1 Å². The Morgan fingerprint density at radius 2 is 1.41 bits per heavy atom. The number of hydrogen-bond donors (Lipinski definition) is 0. The summed E-state index contributed by atoms with van der Waals surface area (Å²) in [6.45, 7) is 2.18. The summed E-state index contributed by atoms with van der Waals surface area (Å²) >= 11 is 0. The van der Waals surface area contributed by atoms with Gasteiger partial charge in [0.1, 0.15) is 7.05 Å². The molecule has 0 amide bonds. The Bertz CT molecular complexity index is 859. The molecule has 0 N–H and O–H groups in total. The van der Waals surface area contributed by atoms with Crippen LogP contribution in [0.3, 0.4) is 0 Å². The first kappa shape index (κ1) is 16.4. The monoisotopic (exact) mass is 319 g/mol. The van der Waals surface area contributed by atoms with Gasteiger partial charge in [-0.1, -0.05) is 30.3 Å². The van der Waals surface area contributed by atoms with Crippen LogP contribution in [0, 0.1) is 6.92 Å². The lowest BCUT2D eigenvalue weighted by Gasteiger charge is -2.05. The molecule has 3 rings (SSSR count). The third-order valence-electron chi connectivity index (χ3n) is 3.58. The van der Waals surface area contributed by atoms with Crippen molar-refractivity contribution in [3.63, 3.8) is 0 Å². The first-order valence-electron chi connectivity index (χ1n) is 6.62. The molecule has 0 aliphatic heterocycles. The molecule has 0 unspecified atom stereocenters. The summed E-state index contributed by atoms with van der Waals surface area (Å²) in [7, 11) is -1.48. The molecule has 0 bridgehead atoms. The summed E-state index contributed by atoms with van der Waals surface area (Å²) in [5, 5.41) is 4.00. The predicted molar refractivity (Wildman–Crippen MR) is 84.1 cm³/mol. The minimum atomic E-state index is -4.41. The molecule has 116 valence electrons. The van der Waals surface area contributed by atoms with E-state index in [0.29, 0.717) is 0 Å². The van der Waals surface area contributed by atoms with Crippen molar-refractivity contribution in [2.24, 2.45) is 7.05 Å². The summed E-state index contributed by atoms with van der Waals surface area (Å²) in [6.07, 6.45) is 0. The number of aromatic nitrogens is 1. The summed E-state index contributed by atoms with van der Waals surface area (Å²) in [5.74, 6) is 0. The third kappa shape index (κ3) is 3.41. The van der Waals surface area contributed by atoms with Crippen LogP contribution in [0.25, 0.3) is 21.7 Å². The Labute approximate surface area is 129 Å². The predicted octanol–water partition coefficient (Wildman–Crippen LogP) is 2.22. The van der Waals surface area contributed by atoms with Crippen LogP contribution in [0.2, 0.25) is 0 Å². The van der Waals surface area contributed by atoms with Gasteiger partial charge in [-0.25, -0.2) is 8.42 Å². The molecule has 0 saturated carbocycles. The van der Waals surface area contributed by atoms with Crippen molar-refractivity contribution in [3.8, 4) is 0 Å². The van der Waals surface area contributed by atoms with E-state index in [9.17, 15) is 13.0 Å². The zero-order valence-corrected chi connectivity index (χ0v) is 13.4. The maximum absolute atomic E-state index is 9.22. The second kappa shape index (κ2) is 6.39. The maximum Gasteiger partial charge on any atom is 0.217 e. The third-order valence-corrected chi connectivity index (χ3v) is 3.99. The van der Waals surface area contributed by atoms with Crippen molar-refractivity contribution in [1.82, 2.24) is 0 Å². The first-order valence-corrected chi connectivity index (χ1v) is 7.96. The Balaban J connectivity index is 0.000000254. The van der Waals surface area contributed by atoms with Crippen LogP contribution in [0.15, 0.2) is 48.5 Å². The standard InChI is InChI=1S/C15H14N.CH4O4S/c1-11-12-7-3-4-8-13(12)14-9-5-6-10-15(14)16(11)2;1-5-6(2,3)4/h3-10H,1-2H3;1H3,(H,2,3,4)/q+1;/p-1. The molecule has 2 aromatic carbocycles. The van der Waals surface area contributed by atoms with E-state index in [1.807, 2.05) is 0 Å². The average molecular weight is 319 g/mol. The lowest BCUT2D eigenvalue weighted by atomic mass is 10.0. The van der Waals surface area contributed by atoms with Gasteiger partial charge < -0.3 is 4.55 Å². The fraction of sp³-hybridized carbons (Fsp3) is 0.188. The van der Waals surface area contributed by atoms with Crippen LogP contribution < -0.4 is 4.57 Å². The molecular formula is C16H17NO4S. The molecule has 0 aliphatic rings. The molecule has 0 radical (unpaired) electrons. The van der Waals surface area contributed by atoms with Crippen molar-refractivity contribution in [3.05, 3.63) is 54.2 Å². The Morgan fingerprint density at radius 1 is 0.955 bits per heavy atom. The van der Waals surface area contributed by atoms with Crippen molar-refractivity contribution in [2.45, 2.75) is 6.92 Å². The molecule has 0 saturated heterocycles. The lowest BCUT2D eigenvalue weighted by molar-refractivity contribution is -0.649. The van der Waals surface area contributed by atoms with Gasteiger partial charge in [0.05, 0.1) is 12.5 Å². The second-order valence-electron chi connectivity index (χ2n) is 4.78. The fourth-order valence-corrected chi connectivity index (χ4v) is 2.39. The minimum Gasteiger partial charge on any atom is -0.726 e. The largest absolute Gasteiger partial charge is 0.726 e. The smallest absolute Gasteiger partial charge is 0.217 e. The average Bonchev–Trinajstić information content (AvgIpc) is 2.52. The van der Waals surface area contributed by atoms with E-state index in [1.54, 1.807) is 0 Å². The van der Waals surface area contributed by atoms with E-state index in [4.69, 9.17) is 0 Å². The van der Waals surface area contributed by atoms with Gasteiger partial charge in [-0.3, -0.25) is 4.18 Å². The van der Waals surface area contributed by atoms with Gasteiger partial charge in [-0.15, -0.1) is 0 Å². The van der Waals surface area contributed by atoms with Gasteiger partial charge in [-0.2, -0.15) is 4.57 Å². The molecule has 5 nitrogen and oxygen atoms in total. The van der Waals surface area contributed by atoms with Gasteiger partial charge in [0, 0.05) is 23.8 Å². The molecule has 0 fully saturated rings. The minimum absolute atomic E-state index is 0.808. The number of para-hydroxylation sites is 1. The van der Waals surface area contributed by atoms with Gasteiger partial charge >= 0.3 is 0 Å². The number of rotatable bonds is 1. The number of hydrogen-bond acceptors (Lipinski definition) is 4. The van der Waals surface area contributed by atoms with Crippen molar-refractivity contribution < 1.29 is 21.7 Å². The molecule has 6 heteroatoms. The highest BCUT2D eigenvalue weighted by Crippen LogP contribution is 2.24. The van der Waals surface area contributed by atoms with Crippen LogP contribution >= 0.6 is 0 Å². The molecule has 0 spiro atoms. The van der Waals surface area contributed by atoms with Gasteiger partial charge in [0.2, 0.25) is 15.9 Å². The Morgan fingerprint density at radius 3 is 1.95 bits per heavy atom. The number of pyridine rings is 1. The summed E-state index contributed by atoms with van der Waals surface area (Å²) in [6, 6.07) is 17.2. The highest BCUT2D eigenvalue weighted by molar-refractivity contribution is 7.80. The Kier molecular flexibility index (Phi) is 4.75. The van der Waals surface area contributed by atoms with E-state index < -0.39 is 10.4 Å². The number of benzene rings is 2. The number of nitrogens with zero attached hydrogens (tertiary/aromatic N) is 1. The summed E-state index contributed by atoms with van der Waals surface area (Å²) in [5.41, 5.74) is 2.60. The first-order chi connectivity index (χ1) is 10.3. The zero-order chi connectivity index (χ0) is 16.3. The number of fused-ring (bicyclic) bond motifs is 3. The number of aryl methyl sites for hydroxylation is 2. The van der Waals surface area contributed by atoms with E-state index in [0.717, 1.165) is 7.11 Å². The summed E-state index contributed by atoms with van der Waals surface area (Å²) in [4.78, 5) is 0. The second-order valence-corrected chi connectivity index (χ2v) is 5.93. The van der Waals surface area contributed by atoms with Crippen molar-refractivity contribution in [2.75, 3.05) is 7.11 Å². The molecule has 1 heterocycles. The molecule has 0 aliphatic carbocycles.